The number of hydrogen-bond donors (Lipinski definition) is 2. The molecule has 0 saturated heterocycles. The Kier molecular flexibility index (Phi) is 6.16. The lowest BCUT2D eigenvalue weighted by Crippen LogP contribution is -2.37. The van der Waals surface area contributed by atoms with Gasteiger partial charge in [-0.1, -0.05) is 33.1 Å². The molecule has 0 radical (unpaired) electrons. The Morgan fingerprint density at radius 3 is 2.39 bits per heavy atom. The second kappa shape index (κ2) is 7.39. The van der Waals surface area contributed by atoms with Gasteiger partial charge in [-0.3, -0.25) is 9.59 Å². The number of carboxylic acids is 1. The highest BCUT2D eigenvalue weighted by atomic mass is 16.4. The van der Waals surface area contributed by atoms with E-state index in [0.29, 0.717) is 18.8 Å². The predicted molar refractivity (Wildman–Crippen MR) is 70.2 cm³/mol. The smallest absolute Gasteiger partial charge is 0.306 e. The van der Waals surface area contributed by atoms with Crippen LogP contribution < -0.4 is 5.32 Å². The SMILES string of the molecule is CCC(CC)CNC(=O)C1CCCC(C(=O)O)C1. The molecule has 104 valence electrons. The minimum Gasteiger partial charge on any atom is -0.481 e. The zero-order chi connectivity index (χ0) is 13.5. The van der Waals surface area contributed by atoms with E-state index in [-0.39, 0.29) is 17.7 Å². The molecular formula is C14H25NO3. The normalized spacial score (nSPS) is 23.9. The van der Waals surface area contributed by atoms with Crippen LogP contribution in [0.15, 0.2) is 0 Å². The van der Waals surface area contributed by atoms with Crippen LogP contribution in [0.1, 0.15) is 52.4 Å². The quantitative estimate of drug-likeness (QED) is 0.766. The van der Waals surface area contributed by atoms with Crippen LogP contribution in [0, 0.1) is 17.8 Å². The molecule has 4 nitrogen and oxygen atoms in total. The third-order valence-corrected chi connectivity index (χ3v) is 4.11. The molecule has 0 aromatic rings. The summed E-state index contributed by atoms with van der Waals surface area (Å²) < 4.78 is 0. The van der Waals surface area contributed by atoms with Crippen molar-refractivity contribution >= 4 is 11.9 Å². The van der Waals surface area contributed by atoms with Gasteiger partial charge in [0.25, 0.3) is 0 Å². The van der Waals surface area contributed by atoms with Gasteiger partial charge in [0.2, 0.25) is 5.91 Å². The van der Waals surface area contributed by atoms with E-state index in [1.165, 1.54) is 0 Å². The molecule has 18 heavy (non-hydrogen) atoms. The second-order valence-electron chi connectivity index (χ2n) is 5.33. The molecule has 1 aliphatic rings. The molecule has 1 fully saturated rings. The Bertz CT molecular complexity index is 287. The number of amides is 1. The van der Waals surface area contributed by atoms with Crippen molar-refractivity contribution in [1.29, 1.82) is 0 Å². The standard InChI is InChI=1S/C14H25NO3/c1-3-10(4-2)9-15-13(16)11-6-5-7-12(8-11)14(17)18/h10-12H,3-9H2,1-2H3,(H,15,16)(H,17,18). The van der Waals surface area contributed by atoms with Gasteiger partial charge in [-0.05, 0) is 25.2 Å². The van der Waals surface area contributed by atoms with Crippen LogP contribution in [0.5, 0.6) is 0 Å². The van der Waals surface area contributed by atoms with Crippen LogP contribution in [0.4, 0.5) is 0 Å². The summed E-state index contributed by atoms with van der Waals surface area (Å²) in [5.41, 5.74) is 0. The third-order valence-electron chi connectivity index (χ3n) is 4.11. The minimum absolute atomic E-state index is 0.0489. The fraction of sp³-hybridized carbons (Fsp3) is 0.857. The number of rotatable bonds is 6. The molecule has 0 aromatic carbocycles. The first kappa shape index (κ1) is 15.0. The van der Waals surface area contributed by atoms with Gasteiger partial charge < -0.3 is 10.4 Å². The highest BCUT2D eigenvalue weighted by Gasteiger charge is 2.30. The number of nitrogens with one attached hydrogen (secondary N) is 1. The molecule has 1 rings (SSSR count). The van der Waals surface area contributed by atoms with Crippen molar-refractivity contribution < 1.29 is 14.7 Å². The van der Waals surface area contributed by atoms with Crippen molar-refractivity contribution in [3.8, 4) is 0 Å². The number of hydrogen-bond acceptors (Lipinski definition) is 2. The van der Waals surface area contributed by atoms with Crippen molar-refractivity contribution in [2.45, 2.75) is 52.4 Å². The summed E-state index contributed by atoms with van der Waals surface area (Å²) in [7, 11) is 0. The van der Waals surface area contributed by atoms with E-state index in [4.69, 9.17) is 5.11 Å². The molecule has 1 amide bonds. The van der Waals surface area contributed by atoms with E-state index >= 15 is 0 Å². The van der Waals surface area contributed by atoms with Gasteiger partial charge >= 0.3 is 5.97 Å². The van der Waals surface area contributed by atoms with Gasteiger partial charge in [-0.15, -0.1) is 0 Å². The Labute approximate surface area is 109 Å². The van der Waals surface area contributed by atoms with Gasteiger partial charge in [0.05, 0.1) is 5.92 Å². The van der Waals surface area contributed by atoms with Crippen molar-refractivity contribution in [2.75, 3.05) is 6.54 Å². The molecule has 4 heteroatoms. The average molecular weight is 255 g/mol. The van der Waals surface area contributed by atoms with Crippen molar-refractivity contribution in [1.82, 2.24) is 5.32 Å². The van der Waals surface area contributed by atoms with E-state index in [1.54, 1.807) is 0 Å². The number of aliphatic carboxylic acids is 1. The third kappa shape index (κ3) is 4.31. The Hall–Kier alpha value is -1.06. The van der Waals surface area contributed by atoms with Crippen molar-refractivity contribution in [2.24, 2.45) is 17.8 Å². The number of carbonyl (C=O) groups is 2. The summed E-state index contributed by atoms with van der Waals surface area (Å²) in [6.07, 6.45) is 5.03. The summed E-state index contributed by atoms with van der Waals surface area (Å²) in [5.74, 6) is -0.606. The first-order chi connectivity index (χ1) is 8.58. The summed E-state index contributed by atoms with van der Waals surface area (Å²) in [5, 5.41) is 12.0. The zero-order valence-corrected chi connectivity index (χ0v) is 11.4. The number of carbonyl (C=O) groups excluding carboxylic acids is 1. The van der Waals surface area contributed by atoms with E-state index in [1.807, 2.05) is 0 Å². The first-order valence-electron chi connectivity index (χ1n) is 7.08. The minimum atomic E-state index is -0.757. The van der Waals surface area contributed by atoms with Crippen molar-refractivity contribution in [3.63, 3.8) is 0 Å². The molecule has 0 aliphatic heterocycles. The lowest BCUT2D eigenvalue weighted by atomic mass is 9.81. The maximum Gasteiger partial charge on any atom is 0.306 e. The van der Waals surface area contributed by atoms with E-state index in [9.17, 15) is 9.59 Å². The molecule has 1 aliphatic carbocycles. The lowest BCUT2D eigenvalue weighted by molar-refractivity contribution is -0.144. The highest BCUT2D eigenvalue weighted by molar-refractivity contribution is 5.80. The fourth-order valence-electron chi connectivity index (χ4n) is 2.62. The van der Waals surface area contributed by atoms with Gasteiger partial charge in [-0.25, -0.2) is 0 Å². The zero-order valence-electron chi connectivity index (χ0n) is 11.4. The Morgan fingerprint density at radius 2 is 1.83 bits per heavy atom. The van der Waals surface area contributed by atoms with Gasteiger partial charge in [0.1, 0.15) is 0 Å². The predicted octanol–water partition coefficient (Wildman–Crippen LogP) is 2.43. The first-order valence-corrected chi connectivity index (χ1v) is 7.08. The molecule has 0 bridgehead atoms. The molecule has 0 aromatic heterocycles. The monoisotopic (exact) mass is 255 g/mol. The highest BCUT2D eigenvalue weighted by Crippen LogP contribution is 2.29. The van der Waals surface area contributed by atoms with Gasteiger partial charge in [-0.2, -0.15) is 0 Å². The molecule has 2 atom stereocenters. The average Bonchev–Trinajstić information content (AvgIpc) is 2.39. The Balaban J connectivity index is 2.39. The maximum atomic E-state index is 12.0. The summed E-state index contributed by atoms with van der Waals surface area (Å²) in [6.45, 7) is 4.98. The van der Waals surface area contributed by atoms with Gasteiger partial charge in [0.15, 0.2) is 0 Å². The van der Waals surface area contributed by atoms with Crippen LogP contribution in [-0.2, 0) is 9.59 Å². The van der Waals surface area contributed by atoms with E-state index < -0.39 is 5.97 Å². The largest absolute Gasteiger partial charge is 0.481 e. The fourth-order valence-corrected chi connectivity index (χ4v) is 2.62. The van der Waals surface area contributed by atoms with E-state index in [2.05, 4.69) is 19.2 Å². The molecular weight excluding hydrogens is 230 g/mol. The van der Waals surface area contributed by atoms with Crippen LogP contribution in [-0.4, -0.2) is 23.5 Å². The van der Waals surface area contributed by atoms with Crippen molar-refractivity contribution in [3.05, 3.63) is 0 Å². The molecule has 0 spiro atoms. The molecule has 2 unspecified atom stereocenters. The number of carboxylic acid groups (broad SMARTS) is 1. The summed E-state index contributed by atoms with van der Waals surface area (Å²) >= 11 is 0. The molecule has 0 heterocycles. The van der Waals surface area contributed by atoms with E-state index in [0.717, 1.165) is 32.2 Å². The topological polar surface area (TPSA) is 66.4 Å². The van der Waals surface area contributed by atoms with Crippen LogP contribution in [0.25, 0.3) is 0 Å². The molecule has 2 N–H and O–H groups in total. The van der Waals surface area contributed by atoms with Crippen LogP contribution in [0.2, 0.25) is 0 Å². The van der Waals surface area contributed by atoms with Crippen LogP contribution >= 0.6 is 0 Å². The van der Waals surface area contributed by atoms with Crippen LogP contribution in [0.3, 0.4) is 0 Å². The van der Waals surface area contributed by atoms with Gasteiger partial charge in [0, 0.05) is 12.5 Å². The lowest BCUT2D eigenvalue weighted by Gasteiger charge is -2.26. The summed E-state index contributed by atoms with van der Waals surface area (Å²) in [4.78, 5) is 22.9. The Morgan fingerprint density at radius 1 is 1.22 bits per heavy atom. The second-order valence-corrected chi connectivity index (χ2v) is 5.33. The maximum absolute atomic E-state index is 12.0. The summed E-state index contributed by atoms with van der Waals surface area (Å²) in [6, 6.07) is 0. The molecule has 1 saturated carbocycles.